The van der Waals surface area contributed by atoms with E-state index in [4.69, 9.17) is 4.42 Å². The minimum absolute atomic E-state index is 0.156. The summed E-state index contributed by atoms with van der Waals surface area (Å²) in [6, 6.07) is 11.0. The maximum atomic E-state index is 13.1. The van der Waals surface area contributed by atoms with E-state index < -0.39 is 0 Å². The van der Waals surface area contributed by atoms with Gasteiger partial charge >= 0.3 is 0 Å². The molecule has 96 valence electrons. The first-order valence-corrected chi connectivity index (χ1v) is 6.19. The van der Waals surface area contributed by atoms with E-state index in [0.717, 1.165) is 17.7 Å². The molecule has 1 N–H and O–H groups in total. The van der Waals surface area contributed by atoms with Gasteiger partial charge in [0.1, 0.15) is 11.6 Å². The second-order valence-electron chi connectivity index (χ2n) is 4.64. The zero-order chi connectivity index (χ0) is 13.0. The van der Waals surface area contributed by atoms with E-state index in [1.54, 1.807) is 18.4 Å². The molecule has 1 heterocycles. The molecule has 0 fully saturated rings. The van der Waals surface area contributed by atoms with Crippen LogP contribution < -0.4 is 5.32 Å². The molecule has 2 atom stereocenters. The number of nitrogens with one attached hydrogen (secondary N) is 1. The normalized spacial score (nSPS) is 14.4. The van der Waals surface area contributed by atoms with Crippen LogP contribution >= 0.6 is 0 Å². The standard InChI is InChI=1S/C15H18FNO/c1-11(9-13-5-3-6-14(16)10-13)17-12(2)15-7-4-8-18-15/h3-8,10-12,17H,9H2,1-2H3. The molecule has 0 saturated heterocycles. The SMILES string of the molecule is CC(Cc1cccc(F)c1)NC(C)c1ccco1. The van der Waals surface area contributed by atoms with Gasteiger partial charge in [-0.25, -0.2) is 4.39 Å². The van der Waals surface area contributed by atoms with Crippen LogP contribution in [0.1, 0.15) is 31.2 Å². The predicted molar refractivity (Wildman–Crippen MR) is 69.8 cm³/mol. The molecule has 0 aliphatic carbocycles. The lowest BCUT2D eigenvalue weighted by atomic mass is 10.1. The van der Waals surface area contributed by atoms with E-state index in [0.29, 0.717) is 0 Å². The number of furan rings is 1. The van der Waals surface area contributed by atoms with Crippen LogP contribution in [0.5, 0.6) is 0 Å². The van der Waals surface area contributed by atoms with Crippen molar-refractivity contribution in [1.29, 1.82) is 0 Å². The highest BCUT2D eigenvalue weighted by molar-refractivity contribution is 5.17. The summed E-state index contributed by atoms with van der Waals surface area (Å²) in [5.41, 5.74) is 1.00. The molecule has 0 saturated carbocycles. The van der Waals surface area contributed by atoms with Crippen LogP contribution in [-0.2, 0) is 6.42 Å². The van der Waals surface area contributed by atoms with Gasteiger partial charge in [0.25, 0.3) is 0 Å². The third kappa shape index (κ3) is 3.44. The highest BCUT2D eigenvalue weighted by atomic mass is 19.1. The third-order valence-corrected chi connectivity index (χ3v) is 2.94. The van der Waals surface area contributed by atoms with Crippen LogP contribution in [0.3, 0.4) is 0 Å². The van der Waals surface area contributed by atoms with Crippen molar-refractivity contribution in [2.75, 3.05) is 0 Å². The largest absolute Gasteiger partial charge is 0.468 e. The summed E-state index contributed by atoms with van der Waals surface area (Å²) in [4.78, 5) is 0. The number of hydrogen-bond donors (Lipinski definition) is 1. The van der Waals surface area contributed by atoms with Gasteiger partial charge in [0.15, 0.2) is 0 Å². The summed E-state index contributed by atoms with van der Waals surface area (Å²) in [7, 11) is 0. The fourth-order valence-corrected chi connectivity index (χ4v) is 2.12. The zero-order valence-corrected chi connectivity index (χ0v) is 10.7. The summed E-state index contributed by atoms with van der Waals surface area (Å²) in [6.45, 7) is 4.14. The van der Waals surface area contributed by atoms with Crippen molar-refractivity contribution in [3.63, 3.8) is 0 Å². The van der Waals surface area contributed by atoms with Crippen LogP contribution in [0.2, 0.25) is 0 Å². The highest BCUT2D eigenvalue weighted by Gasteiger charge is 2.12. The predicted octanol–water partition coefficient (Wildman–Crippen LogP) is 3.70. The molecule has 0 radical (unpaired) electrons. The van der Waals surface area contributed by atoms with E-state index in [9.17, 15) is 4.39 Å². The van der Waals surface area contributed by atoms with Gasteiger partial charge in [-0.3, -0.25) is 0 Å². The van der Waals surface area contributed by atoms with Crippen molar-refractivity contribution in [2.45, 2.75) is 32.4 Å². The van der Waals surface area contributed by atoms with Gasteiger partial charge in [-0.2, -0.15) is 0 Å². The lowest BCUT2D eigenvalue weighted by Crippen LogP contribution is -2.30. The molecule has 0 bridgehead atoms. The Hall–Kier alpha value is -1.61. The highest BCUT2D eigenvalue weighted by Crippen LogP contribution is 2.14. The zero-order valence-electron chi connectivity index (χ0n) is 10.7. The quantitative estimate of drug-likeness (QED) is 0.871. The summed E-state index contributed by atoms with van der Waals surface area (Å²) in [6.07, 6.45) is 2.47. The maximum absolute atomic E-state index is 13.1. The molecule has 1 aromatic heterocycles. The Morgan fingerprint density at radius 2 is 2.06 bits per heavy atom. The molecule has 2 rings (SSSR count). The Labute approximate surface area is 107 Å². The average molecular weight is 247 g/mol. The van der Waals surface area contributed by atoms with E-state index in [2.05, 4.69) is 19.2 Å². The Kier molecular flexibility index (Phi) is 4.15. The maximum Gasteiger partial charge on any atom is 0.123 e. The number of hydrogen-bond acceptors (Lipinski definition) is 2. The number of rotatable bonds is 5. The summed E-state index contributed by atoms with van der Waals surface area (Å²) >= 11 is 0. The number of benzene rings is 1. The molecule has 0 amide bonds. The van der Waals surface area contributed by atoms with Gasteiger partial charge in [-0.05, 0) is 50.1 Å². The molecule has 18 heavy (non-hydrogen) atoms. The molecule has 1 aromatic carbocycles. The van der Waals surface area contributed by atoms with Crippen LogP contribution in [-0.4, -0.2) is 6.04 Å². The van der Waals surface area contributed by atoms with Crippen molar-refractivity contribution in [3.8, 4) is 0 Å². The first-order valence-electron chi connectivity index (χ1n) is 6.19. The molecule has 0 aliphatic rings. The Bertz CT molecular complexity index is 481. The molecule has 2 unspecified atom stereocenters. The van der Waals surface area contributed by atoms with Crippen LogP contribution in [0, 0.1) is 5.82 Å². The Morgan fingerprint density at radius 1 is 1.22 bits per heavy atom. The molecular weight excluding hydrogens is 229 g/mol. The Morgan fingerprint density at radius 3 is 2.72 bits per heavy atom. The second kappa shape index (κ2) is 5.83. The molecule has 2 nitrogen and oxygen atoms in total. The minimum Gasteiger partial charge on any atom is -0.468 e. The molecule has 2 aromatic rings. The van der Waals surface area contributed by atoms with Crippen molar-refractivity contribution >= 4 is 0 Å². The van der Waals surface area contributed by atoms with Crippen molar-refractivity contribution in [2.24, 2.45) is 0 Å². The fourth-order valence-electron chi connectivity index (χ4n) is 2.12. The van der Waals surface area contributed by atoms with E-state index in [1.165, 1.54) is 6.07 Å². The van der Waals surface area contributed by atoms with E-state index in [-0.39, 0.29) is 17.9 Å². The lowest BCUT2D eigenvalue weighted by Gasteiger charge is -2.18. The summed E-state index contributed by atoms with van der Waals surface area (Å²) < 4.78 is 18.4. The Balaban J connectivity index is 1.91. The van der Waals surface area contributed by atoms with Gasteiger partial charge in [0, 0.05) is 6.04 Å². The van der Waals surface area contributed by atoms with Crippen molar-refractivity contribution in [3.05, 3.63) is 59.8 Å². The van der Waals surface area contributed by atoms with Gasteiger partial charge in [0.2, 0.25) is 0 Å². The van der Waals surface area contributed by atoms with Gasteiger partial charge in [0.05, 0.1) is 12.3 Å². The average Bonchev–Trinajstić information content (AvgIpc) is 2.81. The lowest BCUT2D eigenvalue weighted by molar-refractivity contribution is 0.397. The summed E-state index contributed by atoms with van der Waals surface area (Å²) in [5, 5.41) is 3.43. The number of halogens is 1. The smallest absolute Gasteiger partial charge is 0.123 e. The first-order chi connectivity index (χ1) is 8.65. The minimum atomic E-state index is -0.182. The molecular formula is C15H18FNO. The molecule has 0 aliphatic heterocycles. The van der Waals surface area contributed by atoms with Gasteiger partial charge in [-0.15, -0.1) is 0 Å². The van der Waals surface area contributed by atoms with Gasteiger partial charge < -0.3 is 9.73 Å². The van der Waals surface area contributed by atoms with Crippen LogP contribution in [0.4, 0.5) is 4.39 Å². The van der Waals surface area contributed by atoms with Crippen molar-refractivity contribution in [1.82, 2.24) is 5.32 Å². The second-order valence-corrected chi connectivity index (χ2v) is 4.64. The summed E-state index contributed by atoms with van der Waals surface area (Å²) in [5.74, 6) is 0.736. The third-order valence-electron chi connectivity index (χ3n) is 2.94. The van der Waals surface area contributed by atoms with E-state index in [1.807, 2.05) is 18.2 Å². The fraction of sp³-hybridized carbons (Fsp3) is 0.333. The molecule has 3 heteroatoms. The van der Waals surface area contributed by atoms with Crippen LogP contribution in [0.25, 0.3) is 0 Å². The first kappa shape index (κ1) is 12.8. The van der Waals surface area contributed by atoms with Gasteiger partial charge in [-0.1, -0.05) is 12.1 Å². The topological polar surface area (TPSA) is 25.2 Å². The van der Waals surface area contributed by atoms with E-state index >= 15 is 0 Å². The monoisotopic (exact) mass is 247 g/mol. The van der Waals surface area contributed by atoms with Crippen LogP contribution in [0.15, 0.2) is 47.1 Å². The molecule has 0 spiro atoms. The van der Waals surface area contributed by atoms with Crippen molar-refractivity contribution < 1.29 is 8.81 Å².